The smallest absolute Gasteiger partial charge is 0.227 e. The number of nitrogens with one attached hydrogen (secondary N) is 1. The fourth-order valence-electron chi connectivity index (χ4n) is 3.28. The Morgan fingerprint density at radius 2 is 1.93 bits per heavy atom. The van der Waals surface area contributed by atoms with Gasteiger partial charge in [0.15, 0.2) is 0 Å². The summed E-state index contributed by atoms with van der Waals surface area (Å²) in [6.07, 6.45) is 1.14. The minimum atomic E-state index is -3.35. The van der Waals surface area contributed by atoms with Crippen molar-refractivity contribution in [1.82, 2.24) is 9.62 Å². The lowest BCUT2D eigenvalue weighted by Crippen LogP contribution is -2.30. The number of hydrogen-bond acceptors (Lipinski definition) is 3. The van der Waals surface area contributed by atoms with Crippen LogP contribution >= 0.6 is 23.2 Å². The second-order valence-corrected chi connectivity index (χ2v) is 9.28. The fraction of sp³-hybridized carbons (Fsp3) is 0.316. The fourth-order valence-corrected chi connectivity index (χ4v) is 4.27. The zero-order valence-electron chi connectivity index (χ0n) is 15.0. The maximum atomic E-state index is 12.9. The third-order valence-corrected chi connectivity index (χ3v) is 6.25. The summed E-state index contributed by atoms with van der Waals surface area (Å²) in [5, 5.41) is 0.706. The molecule has 0 aliphatic carbocycles. The maximum absolute atomic E-state index is 12.9. The Labute approximate surface area is 169 Å². The zero-order chi connectivity index (χ0) is 19.8. The number of nitrogens with zero attached hydrogens (tertiary/aromatic N) is 1. The molecule has 1 atom stereocenters. The Morgan fingerprint density at radius 1 is 1.22 bits per heavy atom. The van der Waals surface area contributed by atoms with Gasteiger partial charge in [-0.3, -0.25) is 4.79 Å². The van der Waals surface area contributed by atoms with Gasteiger partial charge in [-0.1, -0.05) is 53.5 Å². The first-order valence-corrected chi connectivity index (χ1v) is 11.1. The molecule has 0 radical (unpaired) electrons. The van der Waals surface area contributed by atoms with Crippen molar-refractivity contribution in [2.24, 2.45) is 0 Å². The van der Waals surface area contributed by atoms with Crippen molar-refractivity contribution in [3.63, 3.8) is 0 Å². The summed E-state index contributed by atoms with van der Waals surface area (Å²) < 4.78 is 25.0. The first-order chi connectivity index (χ1) is 12.7. The van der Waals surface area contributed by atoms with E-state index in [1.165, 1.54) is 0 Å². The largest absolute Gasteiger partial charge is 0.331 e. The Balaban J connectivity index is 1.80. The molecule has 5 nitrogen and oxygen atoms in total. The van der Waals surface area contributed by atoms with Crippen molar-refractivity contribution in [2.75, 3.05) is 6.26 Å². The van der Waals surface area contributed by atoms with Crippen LogP contribution in [0.4, 0.5) is 0 Å². The molecule has 144 valence electrons. The molecule has 2 aromatic rings. The highest BCUT2D eigenvalue weighted by Gasteiger charge is 2.30. The number of carbonyl (C=O) groups is 1. The van der Waals surface area contributed by atoms with E-state index in [2.05, 4.69) is 4.72 Å². The summed E-state index contributed by atoms with van der Waals surface area (Å²) in [4.78, 5) is 14.7. The molecule has 1 amide bonds. The third-order valence-electron chi connectivity index (χ3n) is 4.75. The summed E-state index contributed by atoms with van der Waals surface area (Å²) in [5.41, 5.74) is 3.38. The van der Waals surface area contributed by atoms with E-state index in [4.69, 9.17) is 23.2 Å². The molecule has 0 saturated carbocycles. The second-order valence-electron chi connectivity index (χ2n) is 6.67. The number of benzene rings is 2. The summed E-state index contributed by atoms with van der Waals surface area (Å²) in [6, 6.07) is 11.3. The normalized spacial score (nSPS) is 16.4. The van der Waals surface area contributed by atoms with E-state index in [0.29, 0.717) is 27.7 Å². The second kappa shape index (κ2) is 7.80. The number of halogens is 2. The average Bonchev–Trinajstić information content (AvgIpc) is 2.94. The van der Waals surface area contributed by atoms with Gasteiger partial charge < -0.3 is 4.90 Å². The van der Waals surface area contributed by atoms with Gasteiger partial charge in [0.25, 0.3) is 0 Å². The van der Waals surface area contributed by atoms with Crippen molar-refractivity contribution < 1.29 is 13.2 Å². The number of rotatable bonds is 5. The molecule has 1 aliphatic heterocycles. The molecular weight excluding hydrogens is 407 g/mol. The lowest BCUT2D eigenvalue weighted by molar-refractivity contribution is -0.132. The molecule has 8 heteroatoms. The van der Waals surface area contributed by atoms with Crippen LogP contribution in [0, 0.1) is 0 Å². The highest BCUT2D eigenvalue weighted by molar-refractivity contribution is 7.88. The van der Waals surface area contributed by atoms with E-state index >= 15 is 0 Å². The SMILES string of the molecule is C[C@H]1c2ccccc2CN1C(=O)Cc1c(Cl)ccc(CNS(C)(=O)=O)c1Cl. The van der Waals surface area contributed by atoms with Gasteiger partial charge in [0.05, 0.1) is 23.7 Å². The van der Waals surface area contributed by atoms with Gasteiger partial charge in [-0.15, -0.1) is 0 Å². The number of fused-ring (bicyclic) bond motifs is 1. The van der Waals surface area contributed by atoms with Crippen molar-refractivity contribution in [2.45, 2.75) is 32.5 Å². The molecule has 1 aliphatic rings. The Bertz CT molecular complexity index is 992. The molecule has 0 spiro atoms. The van der Waals surface area contributed by atoms with Gasteiger partial charge in [-0.25, -0.2) is 13.1 Å². The topological polar surface area (TPSA) is 66.5 Å². The molecule has 1 N–H and O–H groups in total. The predicted molar refractivity (Wildman–Crippen MR) is 107 cm³/mol. The van der Waals surface area contributed by atoms with Crippen LogP contribution in [-0.2, 0) is 34.3 Å². The van der Waals surface area contributed by atoms with Crippen molar-refractivity contribution in [3.05, 3.63) is 68.7 Å². The van der Waals surface area contributed by atoms with E-state index in [-0.39, 0.29) is 24.9 Å². The van der Waals surface area contributed by atoms with Crippen molar-refractivity contribution >= 4 is 39.1 Å². The van der Waals surface area contributed by atoms with Crippen molar-refractivity contribution in [3.8, 4) is 0 Å². The Kier molecular flexibility index (Phi) is 5.82. The Hall–Kier alpha value is -1.60. The Morgan fingerprint density at radius 3 is 2.59 bits per heavy atom. The monoisotopic (exact) mass is 426 g/mol. The van der Waals surface area contributed by atoms with E-state index in [9.17, 15) is 13.2 Å². The van der Waals surface area contributed by atoms with Gasteiger partial charge in [-0.2, -0.15) is 0 Å². The molecular formula is C19H20Cl2N2O3S. The van der Waals surface area contributed by atoms with Gasteiger partial charge in [0.1, 0.15) is 0 Å². The van der Waals surface area contributed by atoms with E-state index < -0.39 is 10.0 Å². The molecule has 0 fully saturated rings. The van der Waals surface area contributed by atoms with Crippen LogP contribution in [0.15, 0.2) is 36.4 Å². The molecule has 0 bridgehead atoms. The van der Waals surface area contributed by atoms with Gasteiger partial charge in [-0.05, 0) is 35.2 Å². The standard InChI is InChI=1S/C19H20Cl2N2O3S/c1-12-15-6-4-3-5-14(15)11-23(12)18(24)9-16-17(20)8-7-13(19(16)21)10-22-27(2,25)26/h3-8,12,22H,9-11H2,1-2H3/t12-/m0/s1. The molecule has 2 aromatic carbocycles. The summed E-state index contributed by atoms with van der Waals surface area (Å²) >= 11 is 12.7. The highest BCUT2D eigenvalue weighted by Crippen LogP contribution is 2.35. The highest BCUT2D eigenvalue weighted by atomic mass is 35.5. The number of amides is 1. The number of carbonyl (C=O) groups excluding carboxylic acids is 1. The molecule has 1 heterocycles. The van der Waals surface area contributed by atoms with Crippen LogP contribution in [0.3, 0.4) is 0 Å². The van der Waals surface area contributed by atoms with Crippen molar-refractivity contribution in [1.29, 1.82) is 0 Å². The number of sulfonamides is 1. The van der Waals surface area contributed by atoms with Crippen LogP contribution in [0.25, 0.3) is 0 Å². The maximum Gasteiger partial charge on any atom is 0.227 e. The molecule has 0 unspecified atom stereocenters. The van der Waals surface area contributed by atoms with E-state index in [1.54, 1.807) is 17.0 Å². The zero-order valence-corrected chi connectivity index (χ0v) is 17.3. The quantitative estimate of drug-likeness (QED) is 0.792. The van der Waals surface area contributed by atoms with Crippen LogP contribution in [0.1, 0.15) is 35.2 Å². The van der Waals surface area contributed by atoms with Crippen LogP contribution in [0.5, 0.6) is 0 Å². The number of hydrogen-bond donors (Lipinski definition) is 1. The lowest BCUT2D eigenvalue weighted by Gasteiger charge is -2.23. The van der Waals surface area contributed by atoms with E-state index in [0.717, 1.165) is 17.4 Å². The van der Waals surface area contributed by atoms with Gasteiger partial charge in [0, 0.05) is 18.1 Å². The van der Waals surface area contributed by atoms with Gasteiger partial charge >= 0.3 is 0 Å². The summed E-state index contributed by atoms with van der Waals surface area (Å²) in [5.74, 6) is -0.0734. The minimum Gasteiger partial charge on any atom is -0.331 e. The predicted octanol–water partition coefficient (Wildman–Crippen LogP) is 3.69. The molecule has 0 saturated heterocycles. The molecule has 0 aromatic heterocycles. The first kappa shape index (κ1) is 20.1. The van der Waals surface area contributed by atoms with Crippen LogP contribution in [0.2, 0.25) is 10.0 Å². The lowest BCUT2D eigenvalue weighted by atomic mass is 10.1. The van der Waals surface area contributed by atoms with E-state index in [1.807, 2.05) is 31.2 Å². The molecule has 27 heavy (non-hydrogen) atoms. The minimum absolute atomic E-state index is 0.0127. The summed E-state index contributed by atoms with van der Waals surface area (Å²) in [6.45, 7) is 2.60. The van der Waals surface area contributed by atoms with Gasteiger partial charge in [0.2, 0.25) is 15.9 Å². The third kappa shape index (κ3) is 4.46. The van der Waals surface area contributed by atoms with Crippen LogP contribution in [-0.4, -0.2) is 25.5 Å². The first-order valence-electron chi connectivity index (χ1n) is 8.45. The molecule has 3 rings (SSSR count). The van der Waals surface area contributed by atoms with Crippen LogP contribution < -0.4 is 4.72 Å². The average molecular weight is 427 g/mol. The summed E-state index contributed by atoms with van der Waals surface area (Å²) in [7, 11) is -3.35.